The van der Waals surface area contributed by atoms with Crippen molar-refractivity contribution in [3.63, 3.8) is 0 Å². The fraction of sp³-hybridized carbons (Fsp3) is 0.211. The van der Waals surface area contributed by atoms with Crippen molar-refractivity contribution < 1.29 is 27.6 Å². The molecule has 0 fully saturated rings. The zero-order chi connectivity index (χ0) is 20.9. The number of alkyl halides is 3. The van der Waals surface area contributed by atoms with Gasteiger partial charge >= 0.3 is 18.0 Å². The Morgan fingerprint density at radius 1 is 0.857 bits per heavy atom. The first-order valence-electron chi connectivity index (χ1n) is 8.20. The number of rotatable bonds is 4. The number of benzene rings is 2. The summed E-state index contributed by atoms with van der Waals surface area (Å²) in [4.78, 5) is 35.4. The van der Waals surface area contributed by atoms with Gasteiger partial charge in [-0.2, -0.15) is 13.2 Å². The van der Waals surface area contributed by atoms with Gasteiger partial charge in [-0.25, -0.2) is 0 Å². The van der Waals surface area contributed by atoms with Crippen molar-refractivity contribution in [3.05, 3.63) is 59.2 Å². The molecule has 0 unspecified atom stereocenters. The molecule has 0 heterocycles. The molecule has 0 saturated heterocycles. The van der Waals surface area contributed by atoms with Crippen molar-refractivity contribution in [1.29, 1.82) is 0 Å². The largest absolute Gasteiger partial charge is 0.416 e. The van der Waals surface area contributed by atoms with Gasteiger partial charge < -0.3 is 16.0 Å². The first-order chi connectivity index (χ1) is 13.1. The second-order valence-electron chi connectivity index (χ2n) is 6.06. The van der Waals surface area contributed by atoms with E-state index in [1.165, 1.54) is 6.07 Å². The summed E-state index contributed by atoms with van der Waals surface area (Å²) in [6.45, 7) is 3.18. The van der Waals surface area contributed by atoms with Crippen LogP contribution in [-0.2, 0) is 20.6 Å². The smallest absolute Gasteiger partial charge is 0.339 e. The predicted molar refractivity (Wildman–Crippen MR) is 97.6 cm³/mol. The normalized spacial score (nSPS) is 10.9. The molecule has 0 radical (unpaired) electrons. The van der Waals surface area contributed by atoms with Crippen LogP contribution in [0.1, 0.15) is 16.7 Å². The van der Waals surface area contributed by atoms with Gasteiger partial charge in [0.1, 0.15) is 0 Å². The van der Waals surface area contributed by atoms with E-state index in [-0.39, 0.29) is 5.69 Å². The molecule has 9 heteroatoms. The fourth-order valence-corrected chi connectivity index (χ4v) is 2.23. The zero-order valence-corrected chi connectivity index (χ0v) is 15.1. The number of anilines is 2. The molecule has 2 rings (SSSR count). The third-order valence-electron chi connectivity index (χ3n) is 3.85. The lowest BCUT2D eigenvalue weighted by molar-refractivity contribution is -0.137. The van der Waals surface area contributed by atoms with Gasteiger partial charge in [-0.3, -0.25) is 14.4 Å². The molecule has 3 amide bonds. The lowest BCUT2D eigenvalue weighted by atomic mass is 10.1. The van der Waals surface area contributed by atoms with E-state index in [0.29, 0.717) is 5.69 Å². The van der Waals surface area contributed by atoms with Gasteiger partial charge in [-0.05, 0) is 55.3 Å². The Labute approximate surface area is 159 Å². The van der Waals surface area contributed by atoms with E-state index >= 15 is 0 Å². The van der Waals surface area contributed by atoms with Gasteiger partial charge in [-0.15, -0.1) is 0 Å². The number of carbonyl (C=O) groups is 3. The highest BCUT2D eigenvalue weighted by Gasteiger charge is 2.30. The highest BCUT2D eigenvalue weighted by atomic mass is 19.4. The fourth-order valence-electron chi connectivity index (χ4n) is 2.23. The molecular formula is C19H18F3N3O3. The summed E-state index contributed by atoms with van der Waals surface area (Å²) in [7, 11) is 0. The Hall–Kier alpha value is -3.36. The lowest BCUT2D eigenvalue weighted by Crippen LogP contribution is -2.39. The molecule has 2 aromatic carbocycles. The van der Waals surface area contributed by atoms with Crippen LogP contribution in [0.25, 0.3) is 0 Å². The average molecular weight is 393 g/mol. The maximum Gasteiger partial charge on any atom is 0.416 e. The second kappa shape index (κ2) is 8.55. The third-order valence-corrected chi connectivity index (χ3v) is 3.85. The van der Waals surface area contributed by atoms with Gasteiger partial charge in [0.25, 0.3) is 0 Å². The molecule has 0 saturated carbocycles. The second-order valence-corrected chi connectivity index (χ2v) is 6.06. The van der Waals surface area contributed by atoms with Crippen LogP contribution in [0.5, 0.6) is 0 Å². The summed E-state index contributed by atoms with van der Waals surface area (Å²) in [5.41, 5.74) is 1.39. The molecule has 148 valence electrons. The average Bonchev–Trinajstić information content (AvgIpc) is 2.62. The van der Waals surface area contributed by atoms with Gasteiger partial charge in [0.05, 0.1) is 12.1 Å². The number of carbonyl (C=O) groups excluding carboxylic acids is 3. The monoisotopic (exact) mass is 393 g/mol. The van der Waals surface area contributed by atoms with Crippen LogP contribution in [-0.4, -0.2) is 24.3 Å². The molecule has 2 aromatic rings. The standard InChI is InChI=1S/C19H18F3N3O3/c1-11-6-7-15(8-12(11)2)25-18(28)17(27)23-10-16(26)24-14-5-3-4-13(9-14)19(20,21)22/h3-9H,10H2,1-2H3,(H,23,27)(H,24,26)(H,25,28). The molecule has 0 aromatic heterocycles. The van der Waals surface area contributed by atoms with Crippen molar-refractivity contribution in [2.45, 2.75) is 20.0 Å². The van der Waals surface area contributed by atoms with E-state index in [0.717, 1.165) is 29.3 Å². The van der Waals surface area contributed by atoms with E-state index in [9.17, 15) is 27.6 Å². The molecule has 6 nitrogen and oxygen atoms in total. The summed E-state index contributed by atoms with van der Waals surface area (Å²) in [6.07, 6.45) is -4.54. The number of halogens is 3. The van der Waals surface area contributed by atoms with Crippen LogP contribution in [0.3, 0.4) is 0 Å². The minimum atomic E-state index is -4.54. The van der Waals surface area contributed by atoms with E-state index in [1.54, 1.807) is 18.2 Å². The van der Waals surface area contributed by atoms with E-state index in [1.807, 2.05) is 13.8 Å². The maximum absolute atomic E-state index is 12.7. The number of aryl methyl sites for hydroxylation is 2. The van der Waals surface area contributed by atoms with Crippen LogP contribution in [0, 0.1) is 13.8 Å². The Morgan fingerprint density at radius 3 is 2.18 bits per heavy atom. The van der Waals surface area contributed by atoms with E-state index in [4.69, 9.17) is 0 Å². The highest BCUT2D eigenvalue weighted by molar-refractivity contribution is 6.39. The number of amides is 3. The van der Waals surface area contributed by atoms with Crippen molar-refractivity contribution in [3.8, 4) is 0 Å². The molecule has 0 aliphatic rings. The minimum absolute atomic E-state index is 0.0753. The molecule has 0 aliphatic heterocycles. The minimum Gasteiger partial charge on any atom is -0.339 e. The summed E-state index contributed by atoms with van der Waals surface area (Å²) in [5.74, 6) is -2.78. The Morgan fingerprint density at radius 2 is 1.54 bits per heavy atom. The van der Waals surface area contributed by atoms with Gasteiger partial charge in [0.2, 0.25) is 5.91 Å². The summed E-state index contributed by atoms with van der Waals surface area (Å²) in [6, 6.07) is 9.18. The Balaban J connectivity index is 1.87. The topological polar surface area (TPSA) is 87.3 Å². The number of nitrogens with one attached hydrogen (secondary N) is 3. The van der Waals surface area contributed by atoms with Crippen LogP contribution in [0.15, 0.2) is 42.5 Å². The van der Waals surface area contributed by atoms with Crippen LogP contribution >= 0.6 is 0 Å². The van der Waals surface area contributed by atoms with Gasteiger partial charge in [0, 0.05) is 11.4 Å². The Kier molecular flexibility index (Phi) is 6.40. The first kappa shape index (κ1) is 20.9. The molecule has 28 heavy (non-hydrogen) atoms. The summed E-state index contributed by atoms with van der Waals surface area (Å²) < 4.78 is 38.0. The summed E-state index contributed by atoms with van der Waals surface area (Å²) in [5, 5.41) is 6.73. The third kappa shape index (κ3) is 5.83. The quantitative estimate of drug-likeness (QED) is 0.698. The lowest BCUT2D eigenvalue weighted by Gasteiger charge is -2.10. The van der Waals surface area contributed by atoms with Gasteiger partial charge in [-0.1, -0.05) is 12.1 Å². The molecular weight excluding hydrogens is 375 g/mol. The van der Waals surface area contributed by atoms with E-state index < -0.39 is 36.0 Å². The first-order valence-corrected chi connectivity index (χ1v) is 8.20. The summed E-state index contributed by atoms with van der Waals surface area (Å²) >= 11 is 0. The number of hydrogen-bond acceptors (Lipinski definition) is 3. The van der Waals surface area contributed by atoms with Crippen molar-refractivity contribution in [2.75, 3.05) is 17.2 Å². The number of hydrogen-bond donors (Lipinski definition) is 3. The Bertz CT molecular complexity index is 911. The van der Waals surface area contributed by atoms with Crippen molar-refractivity contribution in [2.24, 2.45) is 0 Å². The highest BCUT2D eigenvalue weighted by Crippen LogP contribution is 2.30. The van der Waals surface area contributed by atoms with Crippen LogP contribution in [0.4, 0.5) is 24.5 Å². The van der Waals surface area contributed by atoms with Crippen molar-refractivity contribution >= 4 is 29.1 Å². The maximum atomic E-state index is 12.7. The predicted octanol–water partition coefficient (Wildman–Crippen LogP) is 3.02. The van der Waals surface area contributed by atoms with Crippen LogP contribution in [0.2, 0.25) is 0 Å². The van der Waals surface area contributed by atoms with Crippen LogP contribution < -0.4 is 16.0 Å². The van der Waals surface area contributed by atoms with E-state index in [2.05, 4.69) is 16.0 Å². The van der Waals surface area contributed by atoms with Crippen molar-refractivity contribution in [1.82, 2.24) is 5.32 Å². The SMILES string of the molecule is Cc1ccc(NC(=O)C(=O)NCC(=O)Nc2cccc(C(F)(F)F)c2)cc1C. The zero-order valence-electron chi connectivity index (χ0n) is 15.1. The molecule has 3 N–H and O–H groups in total. The molecule has 0 spiro atoms. The molecule has 0 aliphatic carbocycles. The molecule has 0 bridgehead atoms. The van der Waals surface area contributed by atoms with Gasteiger partial charge in [0.15, 0.2) is 0 Å². The molecule has 0 atom stereocenters.